The molecule has 2 atom stereocenters. The van der Waals surface area contributed by atoms with Crippen molar-refractivity contribution in [3.05, 3.63) is 54.9 Å². The van der Waals surface area contributed by atoms with Crippen molar-refractivity contribution in [2.24, 2.45) is 5.73 Å². The van der Waals surface area contributed by atoms with Crippen LogP contribution in [0.5, 0.6) is 0 Å². The van der Waals surface area contributed by atoms with E-state index >= 15 is 0 Å². The third kappa shape index (κ3) is 3.74. The van der Waals surface area contributed by atoms with Crippen molar-refractivity contribution in [2.45, 2.75) is 24.9 Å². The maximum atomic E-state index is 11.8. The minimum Gasteiger partial charge on any atom is -1.00 e. The lowest BCUT2D eigenvalue weighted by atomic mass is 9.96. The molecule has 1 fully saturated rings. The molecule has 23 heavy (non-hydrogen) atoms. The highest BCUT2D eigenvalue weighted by molar-refractivity contribution is 5.84. The van der Waals surface area contributed by atoms with Crippen molar-refractivity contribution >= 4 is 17.3 Å². The molecule has 0 aliphatic carbocycles. The summed E-state index contributed by atoms with van der Waals surface area (Å²) < 4.78 is 2.20. The zero-order valence-corrected chi connectivity index (χ0v) is 13.6. The molecular weight excluding hydrogens is 312 g/mol. The predicted octanol–water partition coefficient (Wildman–Crippen LogP) is -1.74. The van der Waals surface area contributed by atoms with Gasteiger partial charge in [-0.2, -0.15) is 0 Å². The Balaban J connectivity index is 0.00000192. The number of anilines is 2. The summed E-state index contributed by atoms with van der Waals surface area (Å²) in [5, 5.41) is 0. The molecule has 1 aliphatic rings. The Hall–Kier alpha value is -2.27. The molecule has 5 nitrogen and oxygen atoms in total. The SMILES string of the molecule is NC(=O)C1CCC([n+]2ccccc2)CN1c1ccc(N)cc1.[Cl-]. The van der Waals surface area contributed by atoms with E-state index in [0.29, 0.717) is 11.7 Å². The summed E-state index contributed by atoms with van der Waals surface area (Å²) in [7, 11) is 0. The van der Waals surface area contributed by atoms with E-state index < -0.39 is 0 Å². The van der Waals surface area contributed by atoms with Gasteiger partial charge < -0.3 is 28.8 Å². The van der Waals surface area contributed by atoms with Gasteiger partial charge in [0.2, 0.25) is 5.91 Å². The first kappa shape index (κ1) is 17.1. The van der Waals surface area contributed by atoms with Crippen LogP contribution in [0.4, 0.5) is 11.4 Å². The van der Waals surface area contributed by atoms with Crippen LogP contribution in [0, 0.1) is 0 Å². The second-order valence-corrected chi connectivity index (χ2v) is 5.72. The molecule has 4 N–H and O–H groups in total. The molecule has 122 valence electrons. The average Bonchev–Trinajstić information content (AvgIpc) is 2.56. The number of hydrogen-bond acceptors (Lipinski definition) is 3. The van der Waals surface area contributed by atoms with Crippen molar-refractivity contribution in [3.8, 4) is 0 Å². The van der Waals surface area contributed by atoms with Crippen LogP contribution in [0.15, 0.2) is 54.9 Å². The second-order valence-electron chi connectivity index (χ2n) is 5.72. The van der Waals surface area contributed by atoms with Crippen molar-refractivity contribution in [3.63, 3.8) is 0 Å². The van der Waals surface area contributed by atoms with Gasteiger partial charge in [-0.1, -0.05) is 6.07 Å². The van der Waals surface area contributed by atoms with Gasteiger partial charge in [-0.25, -0.2) is 4.57 Å². The quantitative estimate of drug-likeness (QED) is 0.517. The molecule has 2 heterocycles. The molecule has 2 unspecified atom stereocenters. The minimum absolute atomic E-state index is 0. The Morgan fingerprint density at radius 2 is 1.74 bits per heavy atom. The van der Waals surface area contributed by atoms with Crippen LogP contribution in [0.1, 0.15) is 18.9 Å². The average molecular weight is 333 g/mol. The minimum atomic E-state index is -0.270. The number of carbonyl (C=O) groups excluding carboxylic acids is 1. The van der Waals surface area contributed by atoms with E-state index in [2.05, 4.69) is 21.9 Å². The zero-order valence-electron chi connectivity index (χ0n) is 12.8. The second kappa shape index (κ2) is 7.33. The van der Waals surface area contributed by atoms with Gasteiger partial charge in [-0.3, -0.25) is 4.79 Å². The summed E-state index contributed by atoms with van der Waals surface area (Å²) in [4.78, 5) is 13.9. The number of benzene rings is 1. The van der Waals surface area contributed by atoms with Crippen molar-refractivity contribution < 1.29 is 21.8 Å². The topological polar surface area (TPSA) is 76.2 Å². The number of nitrogen functional groups attached to an aromatic ring is 1. The van der Waals surface area contributed by atoms with Gasteiger partial charge in [0.15, 0.2) is 18.4 Å². The van der Waals surface area contributed by atoms with Gasteiger partial charge in [0.25, 0.3) is 0 Å². The van der Waals surface area contributed by atoms with Gasteiger partial charge in [0.05, 0.1) is 6.54 Å². The molecule has 0 spiro atoms. The van der Waals surface area contributed by atoms with Crippen LogP contribution >= 0.6 is 0 Å². The first-order valence-electron chi connectivity index (χ1n) is 7.52. The summed E-state index contributed by atoms with van der Waals surface area (Å²) in [6.07, 6.45) is 5.83. The number of aromatic nitrogens is 1. The van der Waals surface area contributed by atoms with Crippen LogP contribution < -0.4 is 33.3 Å². The smallest absolute Gasteiger partial charge is 0.240 e. The number of nitrogens with two attached hydrogens (primary N) is 2. The van der Waals surface area contributed by atoms with Gasteiger partial charge in [0, 0.05) is 29.9 Å². The molecule has 2 aromatic rings. The van der Waals surface area contributed by atoms with Crippen LogP contribution in [0.2, 0.25) is 0 Å². The van der Waals surface area contributed by atoms with E-state index in [4.69, 9.17) is 11.5 Å². The Bertz CT molecular complexity index is 647. The molecule has 0 radical (unpaired) electrons. The summed E-state index contributed by atoms with van der Waals surface area (Å²) in [5.41, 5.74) is 13.1. The van der Waals surface area contributed by atoms with E-state index in [-0.39, 0.29) is 24.4 Å². The van der Waals surface area contributed by atoms with Crippen LogP contribution in [0.25, 0.3) is 0 Å². The maximum absolute atomic E-state index is 11.8. The molecule has 3 rings (SSSR count). The van der Waals surface area contributed by atoms with E-state index in [1.165, 1.54) is 0 Å². The highest BCUT2D eigenvalue weighted by atomic mass is 35.5. The number of primary amides is 1. The Morgan fingerprint density at radius 3 is 2.35 bits per heavy atom. The summed E-state index contributed by atoms with van der Waals surface area (Å²) >= 11 is 0. The van der Waals surface area contributed by atoms with E-state index in [9.17, 15) is 4.79 Å². The molecular formula is C17H21ClN4O. The lowest BCUT2D eigenvalue weighted by molar-refractivity contribution is -0.722. The number of amides is 1. The number of rotatable bonds is 3. The zero-order chi connectivity index (χ0) is 15.5. The Morgan fingerprint density at radius 1 is 1.09 bits per heavy atom. The van der Waals surface area contributed by atoms with Crippen LogP contribution in [-0.4, -0.2) is 18.5 Å². The Labute approximate surface area is 142 Å². The monoisotopic (exact) mass is 332 g/mol. The summed E-state index contributed by atoms with van der Waals surface area (Å²) in [5.74, 6) is -0.270. The van der Waals surface area contributed by atoms with Crippen molar-refractivity contribution in [2.75, 3.05) is 17.2 Å². The number of hydrogen-bond donors (Lipinski definition) is 2. The molecule has 0 saturated carbocycles. The standard InChI is InChI=1S/C17H20N4O.ClH/c18-13-4-6-14(7-5-13)21-12-15(8-9-16(21)17(19)22)20-10-2-1-3-11-20;/h1-7,10-11,15-16H,8-9,12,18H2,(H-,19,22);1H. The lowest BCUT2D eigenvalue weighted by Gasteiger charge is -2.37. The number of halogens is 1. The van der Waals surface area contributed by atoms with E-state index in [1.807, 2.05) is 42.5 Å². The number of carbonyl (C=O) groups is 1. The molecule has 6 heteroatoms. The van der Waals surface area contributed by atoms with Gasteiger partial charge >= 0.3 is 0 Å². The number of piperidine rings is 1. The summed E-state index contributed by atoms with van der Waals surface area (Å²) in [6.45, 7) is 0.756. The molecule has 1 aromatic carbocycles. The lowest BCUT2D eigenvalue weighted by Crippen LogP contribution is -3.00. The van der Waals surface area contributed by atoms with E-state index in [0.717, 1.165) is 25.1 Å². The molecule has 0 bridgehead atoms. The fourth-order valence-electron chi connectivity index (χ4n) is 3.10. The fourth-order valence-corrected chi connectivity index (χ4v) is 3.10. The van der Waals surface area contributed by atoms with Crippen molar-refractivity contribution in [1.82, 2.24) is 0 Å². The molecule has 1 saturated heterocycles. The maximum Gasteiger partial charge on any atom is 0.240 e. The molecule has 1 amide bonds. The number of pyridine rings is 1. The predicted molar refractivity (Wildman–Crippen MR) is 86.1 cm³/mol. The first-order chi connectivity index (χ1) is 10.6. The van der Waals surface area contributed by atoms with Crippen molar-refractivity contribution in [1.29, 1.82) is 0 Å². The largest absolute Gasteiger partial charge is 1.00 e. The summed E-state index contributed by atoms with van der Waals surface area (Å²) in [6, 6.07) is 13.7. The number of nitrogens with zero attached hydrogens (tertiary/aromatic N) is 2. The third-order valence-electron chi connectivity index (χ3n) is 4.27. The van der Waals surface area contributed by atoms with Gasteiger partial charge in [-0.05, 0) is 30.7 Å². The fraction of sp³-hybridized carbons (Fsp3) is 0.294. The Kier molecular flexibility index (Phi) is 5.45. The van der Waals surface area contributed by atoms with Gasteiger partial charge in [0.1, 0.15) is 6.04 Å². The van der Waals surface area contributed by atoms with Gasteiger partial charge in [-0.15, -0.1) is 0 Å². The third-order valence-corrected chi connectivity index (χ3v) is 4.27. The highest BCUT2D eigenvalue weighted by Gasteiger charge is 2.35. The highest BCUT2D eigenvalue weighted by Crippen LogP contribution is 2.28. The van der Waals surface area contributed by atoms with Crippen LogP contribution in [-0.2, 0) is 4.79 Å². The van der Waals surface area contributed by atoms with E-state index in [1.54, 1.807) is 0 Å². The van der Waals surface area contributed by atoms with Crippen LogP contribution in [0.3, 0.4) is 0 Å². The normalized spacial score (nSPS) is 20.6. The molecule has 1 aliphatic heterocycles. The first-order valence-corrected chi connectivity index (χ1v) is 7.52. The molecule has 1 aromatic heterocycles.